The van der Waals surface area contributed by atoms with E-state index in [-0.39, 0.29) is 11.8 Å². The number of anilines is 1. The molecule has 1 N–H and O–H groups in total. The van der Waals surface area contributed by atoms with Gasteiger partial charge in [-0.1, -0.05) is 42.3 Å². The van der Waals surface area contributed by atoms with Gasteiger partial charge in [-0.3, -0.25) is 24.3 Å². The van der Waals surface area contributed by atoms with Crippen molar-refractivity contribution in [3.05, 3.63) is 84.2 Å². The molecule has 2 aromatic heterocycles. The summed E-state index contributed by atoms with van der Waals surface area (Å²) in [5.41, 5.74) is 6.96. The van der Waals surface area contributed by atoms with E-state index in [4.69, 9.17) is 11.2 Å². The number of likely N-dealkylation sites (tertiary alicyclic amines) is 1. The van der Waals surface area contributed by atoms with Crippen LogP contribution in [0.1, 0.15) is 30.4 Å². The van der Waals surface area contributed by atoms with Crippen molar-refractivity contribution in [3.63, 3.8) is 0 Å². The van der Waals surface area contributed by atoms with Crippen molar-refractivity contribution in [1.29, 1.82) is 0 Å². The molecule has 11 nitrogen and oxygen atoms in total. The minimum Gasteiger partial charge on any atom is -0.495 e. The van der Waals surface area contributed by atoms with Crippen LogP contribution in [-0.4, -0.2) is 93.0 Å². The number of H-pyrrole nitrogens is 1. The maximum Gasteiger partial charge on any atom is 0.237 e. The lowest BCUT2D eigenvalue weighted by Crippen LogP contribution is -2.43. The Morgan fingerprint density at radius 1 is 1.02 bits per heavy atom. The number of rotatable bonds is 7. The zero-order valence-electron chi connectivity index (χ0n) is 28.2. The van der Waals surface area contributed by atoms with Crippen LogP contribution in [0.5, 0.6) is 5.75 Å². The maximum atomic E-state index is 14.0. The van der Waals surface area contributed by atoms with E-state index in [0.717, 1.165) is 64.8 Å². The number of fused-ring (bicyclic) bond motifs is 1. The molecule has 0 bridgehead atoms. The van der Waals surface area contributed by atoms with E-state index in [0.29, 0.717) is 49.9 Å². The summed E-state index contributed by atoms with van der Waals surface area (Å²) in [6.45, 7) is 3.57. The van der Waals surface area contributed by atoms with Gasteiger partial charge in [0.05, 0.1) is 30.1 Å². The summed E-state index contributed by atoms with van der Waals surface area (Å²) in [6.07, 6.45) is 11.8. The number of benzene rings is 3. The number of nitrogens with zero attached hydrogens (tertiary/aromatic N) is 7. The summed E-state index contributed by atoms with van der Waals surface area (Å²) in [5.74, 6) is 4.21. The molecule has 0 saturated carbocycles. The van der Waals surface area contributed by atoms with E-state index in [2.05, 4.69) is 49.3 Å². The number of hydrogen-bond acceptors (Lipinski definition) is 7. The van der Waals surface area contributed by atoms with Crippen molar-refractivity contribution in [2.24, 2.45) is 12.5 Å². The molecule has 0 aliphatic carbocycles. The van der Waals surface area contributed by atoms with E-state index < -0.39 is 5.41 Å². The molecule has 1 spiro atoms. The molecule has 2 amide bonds. The third kappa shape index (κ3) is 5.61. The summed E-state index contributed by atoms with van der Waals surface area (Å²) < 4.78 is 7.19. The van der Waals surface area contributed by atoms with Crippen LogP contribution < -0.4 is 9.64 Å². The number of aromatic amines is 1. The van der Waals surface area contributed by atoms with Crippen molar-refractivity contribution >= 4 is 34.0 Å². The van der Waals surface area contributed by atoms with Crippen LogP contribution in [0.3, 0.4) is 0 Å². The minimum atomic E-state index is -0.473. The Morgan fingerprint density at radius 2 is 1.82 bits per heavy atom. The summed E-state index contributed by atoms with van der Waals surface area (Å²) in [7, 11) is 3.45. The first-order valence-corrected chi connectivity index (χ1v) is 16.9. The number of ether oxygens (including phenoxy) is 1. The molecule has 1 atom stereocenters. The second-order valence-electron chi connectivity index (χ2n) is 13.4. The largest absolute Gasteiger partial charge is 0.495 e. The highest BCUT2D eigenvalue weighted by Gasteiger charge is 2.51. The third-order valence-electron chi connectivity index (χ3n) is 10.5. The monoisotopic (exact) mass is 666 g/mol. The van der Waals surface area contributed by atoms with Gasteiger partial charge in [0.2, 0.25) is 11.8 Å². The SMILES string of the molecule is C#Cc1ccc(-c2n[nH]c3ccc(N4CC[C@]5(CCN(CC(=O)N6CC=C(c7ccc(-c8ncn(C)n8)cc7)CC6)C5)C4=O)cc23)cc1OC. The second kappa shape index (κ2) is 12.6. The Hall–Kier alpha value is -5.73. The number of amides is 2. The Labute approximate surface area is 290 Å². The molecule has 11 heteroatoms. The predicted molar refractivity (Wildman–Crippen MR) is 192 cm³/mol. The zero-order chi connectivity index (χ0) is 34.4. The standard InChI is InChI=1S/C39H38N8O3/c1-4-26-5-10-30(21-34(26)50-3)36-32-22-31(11-12-33(32)41-42-36)47-20-16-39(38(47)49)15-19-45(24-39)23-35(48)46-17-13-28(14-18-46)27-6-8-29(9-7-27)37-40-25-44(2)43-37/h1,5-13,21-22,25H,14-20,23-24H2,2-3H3,(H,41,42)/t39-/m0/s1. The molecular formula is C39H38N8O3. The van der Waals surface area contributed by atoms with Gasteiger partial charge < -0.3 is 14.5 Å². The van der Waals surface area contributed by atoms with E-state index in [9.17, 15) is 9.59 Å². The topological polar surface area (TPSA) is 112 Å². The number of nitrogens with one attached hydrogen (secondary N) is 1. The minimum absolute atomic E-state index is 0.112. The van der Waals surface area contributed by atoms with Gasteiger partial charge in [0.25, 0.3) is 0 Å². The Bertz CT molecular complexity index is 2190. The van der Waals surface area contributed by atoms with Gasteiger partial charge in [-0.05, 0) is 67.3 Å². The first kappa shape index (κ1) is 31.5. The molecule has 3 aliphatic rings. The molecule has 0 radical (unpaired) electrons. The highest BCUT2D eigenvalue weighted by Crippen LogP contribution is 2.43. The van der Waals surface area contributed by atoms with Crippen LogP contribution >= 0.6 is 0 Å². The van der Waals surface area contributed by atoms with Crippen molar-refractivity contribution in [2.75, 3.05) is 51.3 Å². The van der Waals surface area contributed by atoms with E-state index in [1.54, 1.807) is 18.1 Å². The number of hydrogen-bond donors (Lipinski definition) is 1. The average Bonchev–Trinajstić information content (AvgIpc) is 3.95. The van der Waals surface area contributed by atoms with Gasteiger partial charge in [-0.2, -0.15) is 10.2 Å². The maximum absolute atomic E-state index is 14.0. The highest BCUT2D eigenvalue weighted by atomic mass is 16.5. The van der Waals surface area contributed by atoms with Gasteiger partial charge in [0.1, 0.15) is 17.8 Å². The summed E-state index contributed by atoms with van der Waals surface area (Å²) >= 11 is 0. The van der Waals surface area contributed by atoms with Crippen LogP contribution in [-0.2, 0) is 16.6 Å². The van der Waals surface area contributed by atoms with Gasteiger partial charge in [-0.15, -0.1) is 6.42 Å². The van der Waals surface area contributed by atoms with Crippen LogP contribution in [0.4, 0.5) is 5.69 Å². The molecule has 3 aromatic carbocycles. The Balaban J connectivity index is 0.904. The van der Waals surface area contributed by atoms with Crippen molar-refractivity contribution in [2.45, 2.75) is 19.3 Å². The van der Waals surface area contributed by atoms with E-state index in [1.807, 2.05) is 65.4 Å². The fourth-order valence-corrected chi connectivity index (χ4v) is 7.64. The lowest BCUT2D eigenvalue weighted by Gasteiger charge is -2.29. The van der Waals surface area contributed by atoms with Crippen LogP contribution in [0.2, 0.25) is 0 Å². The number of carbonyl (C=O) groups is 2. The molecule has 2 fully saturated rings. The lowest BCUT2D eigenvalue weighted by molar-refractivity contribution is -0.132. The molecule has 50 heavy (non-hydrogen) atoms. The number of methoxy groups -OCH3 is 1. The number of terminal acetylenes is 1. The third-order valence-corrected chi connectivity index (χ3v) is 10.5. The number of aromatic nitrogens is 5. The first-order valence-electron chi connectivity index (χ1n) is 16.9. The molecular weight excluding hydrogens is 628 g/mol. The molecule has 0 unspecified atom stereocenters. The second-order valence-corrected chi connectivity index (χ2v) is 13.4. The Kier molecular flexibility index (Phi) is 7.96. The van der Waals surface area contributed by atoms with Gasteiger partial charge >= 0.3 is 0 Å². The first-order chi connectivity index (χ1) is 24.3. The van der Waals surface area contributed by atoms with Crippen LogP contribution in [0.15, 0.2) is 73.1 Å². The van der Waals surface area contributed by atoms with Gasteiger partial charge in [0, 0.05) is 55.4 Å². The molecule has 5 heterocycles. The van der Waals surface area contributed by atoms with Gasteiger partial charge in [0.15, 0.2) is 5.82 Å². The summed E-state index contributed by atoms with van der Waals surface area (Å²) in [5, 5.41) is 13.0. The zero-order valence-corrected chi connectivity index (χ0v) is 28.2. The lowest BCUT2D eigenvalue weighted by atomic mass is 9.85. The number of aryl methyl sites for hydroxylation is 1. The number of carbonyl (C=O) groups excluding carboxylic acids is 2. The molecule has 252 valence electrons. The van der Waals surface area contributed by atoms with Crippen molar-refractivity contribution in [3.8, 4) is 40.7 Å². The van der Waals surface area contributed by atoms with Crippen molar-refractivity contribution < 1.29 is 14.3 Å². The quantitative estimate of drug-likeness (QED) is 0.250. The predicted octanol–water partition coefficient (Wildman–Crippen LogP) is 4.76. The summed E-state index contributed by atoms with van der Waals surface area (Å²) in [6, 6.07) is 20.0. The molecule has 5 aromatic rings. The van der Waals surface area contributed by atoms with E-state index in [1.165, 1.54) is 5.57 Å². The van der Waals surface area contributed by atoms with Crippen LogP contribution in [0.25, 0.3) is 39.1 Å². The molecule has 3 aliphatic heterocycles. The molecule has 2 saturated heterocycles. The van der Waals surface area contributed by atoms with E-state index >= 15 is 0 Å². The normalized spacial score (nSPS) is 19.4. The fraction of sp³-hybridized carbons (Fsp3) is 0.308. The summed E-state index contributed by atoms with van der Waals surface area (Å²) in [4.78, 5) is 37.8. The Morgan fingerprint density at radius 3 is 2.56 bits per heavy atom. The fourth-order valence-electron chi connectivity index (χ4n) is 7.64. The highest BCUT2D eigenvalue weighted by molar-refractivity contribution is 6.03. The smallest absolute Gasteiger partial charge is 0.237 e. The molecule has 8 rings (SSSR count). The van der Waals surface area contributed by atoms with Crippen LogP contribution in [0, 0.1) is 17.8 Å². The van der Waals surface area contributed by atoms with Crippen molar-refractivity contribution in [1.82, 2.24) is 34.8 Å². The average molecular weight is 667 g/mol. The van der Waals surface area contributed by atoms with Gasteiger partial charge in [-0.25, -0.2) is 4.98 Å².